The van der Waals surface area contributed by atoms with E-state index in [9.17, 15) is 0 Å². The fourth-order valence-corrected chi connectivity index (χ4v) is 1.52. The monoisotopic (exact) mass is 201 g/mol. The van der Waals surface area contributed by atoms with Crippen molar-refractivity contribution in [2.24, 2.45) is 0 Å². The maximum Gasteiger partial charge on any atom is 0.0568 e. The van der Waals surface area contributed by atoms with E-state index in [1.54, 1.807) is 0 Å². The van der Waals surface area contributed by atoms with Gasteiger partial charge in [-0.2, -0.15) is 5.10 Å². The van der Waals surface area contributed by atoms with Gasteiger partial charge in [0.2, 0.25) is 0 Å². The van der Waals surface area contributed by atoms with Gasteiger partial charge in [-0.1, -0.05) is 6.92 Å². The Bertz CT molecular complexity index is 446. The van der Waals surface area contributed by atoms with Crippen LogP contribution < -0.4 is 0 Å². The van der Waals surface area contributed by atoms with Gasteiger partial charge in [0.25, 0.3) is 0 Å². The third-order valence-corrected chi connectivity index (χ3v) is 2.49. The lowest BCUT2D eigenvalue weighted by atomic mass is 10.1. The Morgan fingerprint density at radius 2 is 2.00 bits per heavy atom. The Morgan fingerprint density at radius 1 is 1.13 bits per heavy atom. The molecule has 15 heavy (non-hydrogen) atoms. The van der Waals surface area contributed by atoms with Gasteiger partial charge in [0.1, 0.15) is 0 Å². The number of hydrogen-bond donors (Lipinski definition) is 0. The van der Waals surface area contributed by atoms with Gasteiger partial charge in [0.05, 0.1) is 6.20 Å². The van der Waals surface area contributed by atoms with Crippen molar-refractivity contribution in [3.8, 4) is 11.1 Å². The number of hydrogen-bond acceptors (Lipinski definition) is 2. The van der Waals surface area contributed by atoms with Gasteiger partial charge in [0, 0.05) is 36.3 Å². The third-order valence-electron chi connectivity index (χ3n) is 2.49. The van der Waals surface area contributed by atoms with Crippen LogP contribution in [0.5, 0.6) is 0 Å². The molecule has 0 N–H and O–H groups in total. The summed E-state index contributed by atoms with van der Waals surface area (Å²) >= 11 is 0. The summed E-state index contributed by atoms with van der Waals surface area (Å²) in [6, 6.07) is 2.17. The Kier molecular flexibility index (Phi) is 2.81. The van der Waals surface area contributed by atoms with Crippen molar-refractivity contribution in [3.05, 3.63) is 36.4 Å². The van der Waals surface area contributed by atoms with Gasteiger partial charge >= 0.3 is 0 Å². The first kappa shape index (κ1) is 9.90. The molecule has 0 unspecified atom stereocenters. The van der Waals surface area contributed by atoms with E-state index in [0.29, 0.717) is 0 Å². The van der Waals surface area contributed by atoms with Crippen molar-refractivity contribution in [1.29, 1.82) is 0 Å². The molecule has 0 atom stereocenters. The first-order valence-electron chi connectivity index (χ1n) is 5.30. The molecule has 0 fully saturated rings. The van der Waals surface area contributed by atoms with Gasteiger partial charge in [-0.05, 0) is 25.0 Å². The lowest BCUT2D eigenvalue weighted by Gasteiger charge is -1.99. The lowest BCUT2D eigenvalue weighted by molar-refractivity contribution is 0.660. The van der Waals surface area contributed by atoms with Crippen molar-refractivity contribution >= 4 is 0 Å². The molecule has 0 aromatic carbocycles. The highest BCUT2D eigenvalue weighted by molar-refractivity contribution is 5.61. The summed E-state index contributed by atoms with van der Waals surface area (Å²) < 4.78 is 1.92. The van der Waals surface area contributed by atoms with E-state index in [4.69, 9.17) is 0 Å². The minimum absolute atomic E-state index is 0.904. The zero-order valence-electron chi connectivity index (χ0n) is 9.14. The molecule has 2 aromatic heterocycles. The molecular weight excluding hydrogens is 186 g/mol. The third kappa shape index (κ3) is 2.06. The number of aromatic nitrogens is 3. The minimum atomic E-state index is 0.904. The Hall–Kier alpha value is -1.64. The second-order valence-electron chi connectivity index (χ2n) is 3.52. The van der Waals surface area contributed by atoms with Crippen LogP contribution in [0.25, 0.3) is 11.1 Å². The molecule has 2 heterocycles. The van der Waals surface area contributed by atoms with Gasteiger partial charge in [-0.3, -0.25) is 9.67 Å². The number of nitrogens with zero attached hydrogens (tertiary/aromatic N) is 3. The first-order chi connectivity index (χ1) is 7.33. The zero-order valence-corrected chi connectivity index (χ0v) is 9.14. The van der Waals surface area contributed by atoms with Gasteiger partial charge < -0.3 is 0 Å². The summed E-state index contributed by atoms with van der Waals surface area (Å²) in [7, 11) is 0. The summed E-state index contributed by atoms with van der Waals surface area (Å²) in [5.41, 5.74) is 3.55. The standard InChI is InChI=1S/C12H15N3/c1-3-10-5-11(7-13-6-10)12-8-14-15(4-2)9-12/h5-9H,3-4H2,1-2H3. The maximum absolute atomic E-state index is 4.26. The largest absolute Gasteiger partial charge is 0.272 e. The van der Waals surface area contributed by atoms with Crippen molar-refractivity contribution in [1.82, 2.24) is 14.8 Å². The highest BCUT2D eigenvalue weighted by atomic mass is 15.3. The molecule has 0 aliphatic rings. The van der Waals surface area contributed by atoms with Crippen molar-refractivity contribution < 1.29 is 0 Å². The summed E-state index contributed by atoms with van der Waals surface area (Å²) in [5, 5.41) is 4.26. The fourth-order valence-electron chi connectivity index (χ4n) is 1.52. The Labute approximate surface area is 89.8 Å². The molecule has 0 saturated heterocycles. The minimum Gasteiger partial charge on any atom is -0.272 e. The molecule has 3 nitrogen and oxygen atoms in total. The van der Waals surface area contributed by atoms with Crippen LogP contribution in [0.15, 0.2) is 30.9 Å². The van der Waals surface area contributed by atoms with E-state index in [1.165, 1.54) is 5.56 Å². The molecule has 0 aliphatic carbocycles. The molecule has 0 aliphatic heterocycles. The van der Waals surface area contributed by atoms with E-state index >= 15 is 0 Å². The molecule has 2 aromatic rings. The second kappa shape index (κ2) is 4.26. The van der Waals surface area contributed by atoms with Crippen LogP contribution in [0.1, 0.15) is 19.4 Å². The highest BCUT2D eigenvalue weighted by Gasteiger charge is 2.01. The van der Waals surface area contributed by atoms with Gasteiger partial charge in [-0.15, -0.1) is 0 Å². The van der Waals surface area contributed by atoms with Crippen LogP contribution in [-0.2, 0) is 13.0 Å². The smallest absolute Gasteiger partial charge is 0.0568 e. The van der Waals surface area contributed by atoms with Crippen LogP contribution in [0, 0.1) is 0 Å². The normalized spacial score (nSPS) is 10.5. The van der Waals surface area contributed by atoms with E-state index in [1.807, 2.05) is 23.3 Å². The van der Waals surface area contributed by atoms with Crippen molar-refractivity contribution in [2.75, 3.05) is 0 Å². The molecule has 0 radical (unpaired) electrons. The highest BCUT2D eigenvalue weighted by Crippen LogP contribution is 2.18. The predicted molar refractivity (Wildman–Crippen MR) is 60.5 cm³/mol. The molecule has 0 bridgehead atoms. The van der Waals surface area contributed by atoms with E-state index in [2.05, 4.69) is 36.2 Å². The van der Waals surface area contributed by atoms with Gasteiger partial charge in [0.15, 0.2) is 0 Å². The first-order valence-corrected chi connectivity index (χ1v) is 5.30. The molecule has 2 rings (SSSR count). The summed E-state index contributed by atoms with van der Waals surface area (Å²) in [6.07, 6.45) is 8.75. The number of pyridine rings is 1. The quantitative estimate of drug-likeness (QED) is 0.764. The summed E-state index contributed by atoms with van der Waals surface area (Å²) in [5.74, 6) is 0. The zero-order chi connectivity index (χ0) is 10.7. The van der Waals surface area contributed by atoms with Crippen LogP contribution in [0.3, 0.4) is 0 Å². The molecule has 78 valence electrons. The van der Waals surface area contributed by atoms with E-state index in [0.717, 1.165) is 24.1 Å². The SMILES string of the molecule is CCc1cncc(-c2cnn(CC)c2)c1. The average molecular weight is 201 g/mol. The van der Waals surface area contributed by atoms with Crippen LogP contribution in [-0.4, -0.2) is 14.8 Å². The Morgan fingerprint density at radius 3 is 2.67 bits per heavy atom. The molecule has 0 saturated carbocycles. The summed E-state index contributed by atoms with van der Waals surface area (Å²) in [4.78, 5) is 4.23. The lowest BCUT2D eigenvalue weighted by Crippen LogP contribution is -1.92. The number of aryl methyl sites for hydroxylation is 2. The predicted octanol–water partition coefficient (Wildman–Crippen LogP) is 2.53. The van der Waals surface area contributed by atoms with Gasteiger partial charge in [-0.25, -0.2) is 0 Å². The number of rotatable bonds is 3. The molecule has 0 amide bonds. The second-order valence-corrected chi connectivity index (χ2v) is 3.52. The van der Waals surface area contributed by atoms with Crippen molar-refractivity contribution in [3.63, 3.8) is 0 Å². The molecule has 3 heteroatoms. The van der Waals surface area contributed by atoms with Crippen LogP contribution >= 0.6 is 0 Å². The summed E-state index contributed by atoms with van der Waals surface area (Å²) in [6.45, 7) is 5.12. The Balaban J connectivity index is 2.35. The van der Waals surface area contributed by atoms with E-state index in [-0.39, 0.29) is 0 Å². The average Bonchev–Trinajstić information content (AvgIpc) is 2.78. The molecule has 0 spiro atoms. The molecular formula is C12H15N3. The topological polar surface area (TPSA) is 30.7 Å². The van der Waals surface area contributed by atoms with Crippen molar-refractivity contribution in [2.45, 2.75) is 26.8 Å². The van der Waals surface area contributed by atoms with Crippen LogP contribution in [0.2, 0.25) is 0 Å². The maximum atomic E-state index is 4.26. The van der Waals surface area contributed by atoms with E-state index < -0.39 is 0 Å². The fraction of sp³-hybridized carbons (Fsp3) is 0.333. The van der Waals surface area contributed by atoms with Crippen LogP contribution in [0.4, 0.5) is 0 Å².